The molecule has 164 valence electrons. The van der Waals surface area contributed by atoms with E-state index in [1.54, 1.807) is 0 Å². The van der Waals surface area contributed by atoms with Crippen LogP contribution in [-0.4, -0.2) is 63.0 Å². The van der Waals surface area contributed by atoms with Crippen LogP contribution in [0.2, 0.25) is 0 Å². The van der Waals surface area contributed by atoms with Crippen molar-refractivity contribution in [3.63, 3.8) is 0 Å². The molecule has 0 spiro atoms. The molecule has 2 fully saturated rings. The lowest BCUT2D eigenvalue weighted by Crippen LogP contribution is -2.47. The first-order chi connectivity index (χ1) is 13.7. The fourth-order valence-electron chi connectivity index (χ4n) is 4.18. The molecule has 2 aliphatic heterocycles. The first-order valence-corrected chi connectivity index (χ1v) is 10.9. The van der Waals surface area contributed by atoms with Crippen LogP contribution in [0.25, 0.3) is 0 Å². The van der Waals surface area contributed by atoms with E-state index in [4.69, 9.17) is 9.47 Å². The SMILES string of the molecule is CN=C(NCCc1ccc(C)cc1C)N1CCC(OCC2CCCCO2)CC1.I. The van der Waals surface area contributed by atoms with Gasteiger partial charge >= 0.3 is 0 Å². The normalized spacial score (nSPS) is 21.0. The maximum atomic E-state index is 6.13. The van der Waals surface area contributed by atoms with Gasteiger partial charge in [0.05, 0.1) is 18.8 Å². The number of nitrogens with zero attached hydrogens (tertiary/aromatic N) is 2. The predicted molar refractivity (Wildman–Crippen MR) is 131 cm³/mol. The van der Waals surface area contributed by atoms with Gasteiger partial charge in [0.15, 0.2) is 5.96 Å². The highest BCUT2D eigenvalue weighted by Gasteiger charge is 2.23. The van der Waals surface area contributed by atoms with Crippen molar-refractivity contribution in [1.29, 1.82) is 0 Å². The molecule has 1 aromatic rings. The lowest BCUT2D eigenvalue weighted by atomic mass is 10.0. The number of hydrogen-bond donors (Lipinski definition) is 1. The summed E-state index contributed by atoms with van der Waals surface area (Å²) in [7, 11) is 1.88. The zero-order valence-electron chi connectivity index (χ0n) is 18.3. The second-order valence-corrected chi connectivity index (χ2v) is 8.16. The van der Waals surface area contributed by atoms with Gasteiger partial charge in [-0.1, -0.05) is 23.8 Å². The number of aliphatic imine (C=N–C) groups is 1. The average molecular weight is 515 g/mol. The van der Waals surface area contributed by atoms with E-state index in [0.717, 1.165) is 64.5 Å². The third-order valence-electron chi connectivity index (χ3n) is 5.92. The lowest BCUT2D eigenvalue weighted by molar-refractivity contribution is -0.0721. The van der Waals surface area contributed by atoms with E-state index >= 15 is 0 Å². The van der Waals surface area contributed by atoms with Crippen molar-refractivity contribution in [2.24, 2.45) is 4.99 Å². The summed E-state index contributed by atoms with van der Waals surface area (Å²) in [6.45, 7) is 8.90. The Bertz CT molecular complexity index is 639. The zero-order valence-corrected chi connectivity index (χ0v) is 20.6. The van der Waals surface area contributed by atoms with Crippen molar-refractivity contribution >= 4 is 29.9 Å². The number of guanidine groups is 1. The summed E-state index contributed by atoms with van der Waals surface area (Å²) in [6, 6.07) is 6.70. The molecular weight excluding hydrogens is 477 g/mol. The fraction of sp³-hybridized carbons (Fsp3) is 0.696. The van der Waals surface area contributed by atoms with Gasteiger partial charge in [0.2, 0.25) is 0 Å². The quantitative estimate of drug-likeness (QED) is 0.352. The van der Waals surface area contributed by atoms with E-state index in [1.165, 1.54) is 29.5 Å². The molecule has 3 rings (SSSR count). The van der Waals surface area contributed by atoms with Crippen LogP contribution in [0.5, 0.6) is 0 Å². The van der Waals surface area contributed by atoms with Gasteiger partial charge in [-0.2, -0.15) is 0 Å². The van der Waals surface area contributed by atoms with Crippen molar-refractivity contribution in [2.45, 2.75) is 64.6 Å². The minimum absolute atomic E-state index is 0. The van der Waals surface area contributed by atoms with E-state index in [0.29, 0.717) is 12.2 Å². The van der Waals surface area contributed by atoms with E-state index in [-0.39, 0.29) is 24.0 Å². The monoisotopic (exact) mass is 515 g/mol. The van der Waals surface area contributed by atoms with Crippen molar-refractivity contribution in [1.82, 2.24) is 10.2 Å². The number of nitrogens with one attached hydrogen (secondary N) is 1. The molecule has 2 aliphatic rings. The summed E-state index contributed by atoms with van der Waals surface area (Å²) in [5.74, 6) is 1.01. The van der Waals surface area contributed by atoms with Gasteiger partial charge in [-0.15, -0.1) is 24.0 Å². The Balaban J connectivity index is 0.00000300. The Morgan fingerprint density at radius 3 is 2.66 bits per heavy atom. The topological polar surface area (TPSA) is 46.1 Å². The third kappa shape index (κ3) is 7.72. The van der Waals surface area contributed by atoms with Crippen LogP contribution in [-0.2, 0) is 15.9 Å². The smallest absolute Gasteiger partial charge is 0.193 e. The molecule has 6 heteroatoms. The molecule has 0 aliphatic carbocycles. The number of rotatable bonds is 6. The molecule has 0 radical (unpaired) electrons. The van der Waals surface area contributed by atoms with Crippen LogP contribution >= 0.6 is 24.0 Å². The highest BCUT2D eigenvalue weighted by Crippen LogP contribution is 2.18. The number of aryl methyl sites for hydroxylation is 2. The Morgan fingerprint density at radius 2 is 2.00 bits per heavy atom. The number of ether oxygens (including phenoxy) is 2. The lowest BCUT2D eigenvalue weighted by Gasteiger charge is -2.35. The van der Waals surface area contributed by atoms with Gasteiger partial charge in [0, 0.05) is 33.3 Å². The number of likely N-dealkylation sites (tertiary alicyclic amines) is 1. The third-order valence-corrected chi connectivity index (χ3v) is 5.92. The first kappa shape index (κ1) is 24.4. The fourth-order valence-corrected chi connectivity index (χ4v) is 4.18. The Morgan fingerprint density at radius 1 is 1.21 bits per heavy atom. The number of piperidine rings is 1. The van der Waals surface area contributed by atoms with Gasteiger partial charge in [-0.25, -0.2) is 0 Å². The summed E-state index contributed by atoms with van der Waals surface area (Å²) in [5.41, 5.74) is 4.10. The predicted octanol–water partition coefficient (Wildman–Crippen LogP) is 4.09. The molecule has 1 aromatic carbocycles. The van der Waals surface area contributed by atoms with Crippen LogP contribution in [0.3, 0.4) is 0 Å². The number of benzene rings is 1. The molecular formula is C23H38IN3O2. The Labute approximate surface area is 193 Å². The largest absolute Gasteiger partial charge is 0.376 e. The highest BCUT2D eigenvalue weighted by molar-refractivity contribution is 14.0. The van der Waals surface area contributed by atoms with Gasteiger partial charge < -0.3 is 19.7 Å². The standard InChI is InChI=1S/C23H37N3O2.HI/c1-18-7-8-20(19(2)16-18)9-12-25-23(24-3)26-13-10-21(11-14-26)28-17-22-6-4-5-15-27-22;/h7-8,16,21-22H,4-6,9-15,17H2,1-3H3,(H,24,25);1H. The molecule has 1 atom stereocenters. The van der Waals surface area contributed by atoms with E-state index in [1.807, 2.05) is 7.05 Å². The molecule has 29 heavy (non-hydrogen) atoms. The molecule has 2 saturated heterocycles. The molecule has 0 amide bonds. The van der Waals surface area contributed by atoms with Crippen molar-refractivity contribution in [2.75, 3.05) is 39.9 Å². The number of halogens is 1. The van der Waals surface area contributed by atoms with Crippen LogP contribution in [0.4, 0.5) is 0 Å². The summed E-state index contributed by atoms with van der Waals surface area (Å²) in [6.07, 6.45) is 7.43. The molecule has 0 aromatic heterocycles. The molecule has 1 unspecified atom stereocenters. The van der Waals surface area contributed by atoms with E-state index in [2.05, 4.69) is 47.3 Å². The van der Waals surface area contributed by atoms with Gasteiger partial charge in [0.1, 0.15) is 0 Å². The second-order valence-electron chi connectivity index (χ2n) is 8.16. The average Bonchev–Trinajstić information content (AvgIpc) is 2.72. The minimum atomic E-state index is 0. The summed E-state index contributed by atoms with van der Waals surface area (Å²) in [5, 5.41) is 3.54. The van der Waals surface area contributed by atoms with Crippen LogP contribution < -0.4 is 5.32 Å². The number of hydrogen-bond acceptors (Lipinski definition) is 3. The zero-order chi connectivity index (χ0) is 19.8. The summed E-state index contributed by atoms with van der Waals surface area (Å²) < 4.78 is 11.9. The van der Waals surface area contributed by atoms with Crippen molar-refractivity contribution < 1.29 is 9.47 Å². The Kier molecular flexibility index (Phi) is 10.7. The summed E-state index contributed by atoms with van der Waals surface area (Å²) in [4.78, 5) is 6.85. The minimum Gasteiger partial charge on any atom is -0.376 e. The van der Waals surface area contributed by atoms with Crippen molar-refractivity contribution in [3.8, 4) is 0 Å². The van der Waals surface area contributed by atoms with E-state index < -0.39 is 0 Å². The maximum absolute atomic E-state index is 6.13. The summed E-state index contributed by atoms with van der Waals surface area (Å²) >= 11 is 0. The molecule has 0 bridgehead atoms. The van der Waals surface area contributed by atoms with Crippen LogP contribution in [0.1, 0.15) is 48.8 Å². The van der Waals surface area contributed by atoms with Gasteiger partial charge in [0.25, 0.3) is 0 Å². The molecule has 5 nitrogen and oxygen atoms in total. The van der Waals surface area contributed by atoms with Gasteiger partial charge in [-0.05, 0) is 63.5 Å². The first-order valence-electron chi connectivity index (χ1n) is 10.9. The molecule has 2 heterocycles. The Hall–Kier alpha value is -0.860. The highest BCUT2D eigenvalue weighted by atomic mass is 127. The maximum Gasteiger partial charge on any atom is 0.193 e. The van der Waals surface area contributed by atoms with Gasteiger partial charge in [-0.3, -0.25) is 4.99 Å². The molecule has 0 saturated carbocycles. The second kappa shape index (κ2) is 12.7. The van der Waals surface area contributed by atoms with Crippen molar-refractivity contribution in [3.05, 3.63) is 34.9 Å². The van der Waals surface area contributed by atoms with Crippen LogP contribution in [0.15, 0.2) is 23.2 Å². The van der Waals surface area contributed by atoms with E-state index in [9.17, 15) is 0 Å². The molecule has 1 N–H and O–H groups in total. The van der Waals surface area contributed by atoms with Crippen LogP contribution in [0, 0.1) is 13.8 Å².